The van der Waals surface area contributed by atoms with Crippen molar-refractivity contribution in [3.8, 4) is 0 Å². The second kappa shape index (κ2) is 9.75. The molecule has 1 fully saturated rings. The second-order valence-electron chi connectivity index (χ2n) is 8.08. The van der Waals surface area contributed by atoms with Crippen LogP contribution in [0.4, 0.5) is 0 Å². The van der Waals surface area contributed by atoms with E-state index in [1.807, 2.05) is 19.1 Å². The fourth-order valence-corrected chi connectivity index (χ4v) is 5.30. The molecule has 0 aliphatic carbocycles. The van der Waals surface area contributed by atoms with Gasteiger partial charge in [0.25, 0.3) is 0 Å². The first kappa shape index (κ1) is 23.2. The summed E-state index contributed by atoms with van der Waals surface area (Å²) in [4.78, 5) is 24.3. The monoisotopic (exact) mass is 442 g/mol. The van der Waals surface area contributed by atoms with Gasteiger partial charge in [-0.25, -0.2) is 8.42 Å². The van der Waals surface area contributed by atoms with Crippen molar-refractivity contribution in [1.29, 1.82) is 0 Å². The predicted octanol–water partition coefficient (Wildman–Crippen LogP) is 3.73. The summed E-state index contributed by atoms with van der Waals surface area (Å²) in [6, 6.07) is 14.1. The lowest BCUT2D eigenvalue weighted by Crippen LogP contribution is -2.43. The lowest BCUT2D eigenvalue weighted by Gasteiger charge is -2.31. The molecule has 0 saturated carbocycles. The summed E-state index contributed by atoms with van der Waals surface area (Å²) >= 11 is 0. The third kappa shape index (κ3) is 5.40. The zero-order valence-electron chi connectivity index (χ0n) is 18.3. The zero-order valence-corrected chi connectivity index (χ0v) is 19.1. The summed E-state index contributed by atoms with van der Waals surface area (Å²) in [7, 11) is -3.64. The molecule has 6 nitrogen and oxygen atoms in total. The number of ketones is 1. The Morgan fingerprint density at radius 2 is 1.61 bits per heavy atom. The van der Waals surface area contributed by atoms with Gasteiger partial charge in [0.05, 0.1) is 10.9 Å². The van der Waals surface area contributed by atoms with Gasteiger partial charge in [-0.1, -0.05) is 43.3 Å². The minimum absolute atomic E-state index is 0.0325. The number of sulfonamides is 1. The summed E-state index contributed by atoms with van der Waals surface area (Å²) in [6.45, 7) is 6.11. The Morgan fingerprint density at radius 3 is 2.13 bits per heavy atom. The van der Waals surface area contributed by atoms with E-state index in [1.165, 1.54) is 41.1 Å². The molecule has 2 aromatic carbocycles. The lowest BCUT2D eigenvalue weighted by molar-refractivity contribution is -0.126. The number of benzene rings is 2. The maximum atomic E-state index is 12.9. The summed E-state index contributed by atoms with van der Waals surface area (Å²) in [6.07, 6.45) is 1.94. The van der Waals surface area contributed by atoms with Crippen molar-refractivity contribution >= 4 is 21.7 Å². The van der Waals surface area contributed by atoms with E-state index in [0.717, 1.165) is 12.0 Å². The first-order valence-corrected chi connectivity index (χ1v) is 12.2. The molecule has 3 rings (SSSR count). The highest BCUT2D eigenvalue weighted by atomic mass is 32.2. The van der Waals surface area contributed by atoms with Crippen LogP contribution in [0.3, 0.4) is 0 Å². The molecular weight excluding hydrogens is 412 g/mol. The number of nitrogens with zero attached hydrogens (tertiary/aromatic N) is 1. The van der Waals surface area contributed by atoms with Crippen LogP contribution in [-0.2, 0) is 21.2 Å². The van der Waals surface area contributed by atoms with Gasteiger partial charge in [-0.3, -0.25) is 9.59 Å². The molecule has 1 atom stereocenters. The first-order valence-electron chi connectivity index (χ1n) is 10.7. The Morgan fingerprint density at radius 1 is 1.03 bits per heavy atom. The molecule has 0 radical (unpaired) electrons. The van der Waals surface area contributed by atoms with Crippen molar-refractivity contribution in [3.63, 3.8) is 0 Å². The molecule has 0 bridgehead atoms. The van der Waals surface area contributed by atoms with E-state index in [4.69, 9.17) is 0 Å². The molecule has 1 N–H and O–H groups in total. The van der Waals surface area contributed by atoms with E-state index >= 15 is 0 Å². The van der Waals surface area contributed by atoms with Gasteiger partial charge in [0.15, 0.2) is 5.78 Å². The van der Waals surface area contributed by atoms with Crippen LogP contribution in [0, 0.1) is 5.92 Å². The highest BCUT2D eigenvalue weighted by Gasteiger charge is 2.32. The standard InChI is InChI=1S/C24H30N2O4S/c1-4-19-5-7-20(8-6-19)17(2)25-24(28)22-13-15-26(16-14-22)31(29,30)23-11-9-21(10-12-23)18(3)27/h5-12,17,22H,4,13-16H2,1-3H3,(H,25,28). The van der Waals surface area contributed by atoms with Crippen LogP contribution in [0.25, 0.3) is 0 Å². The number of nitrogens with one attached hydrogen (secondary N) is 1. The fraction of sp³-hybridized carbons (Fsp3) is 0.417. The van der Waals surface area contributed by atoms with E-state index in [-0.39, 0.29) is 28.5 Å². The summed E-state index contributed by atoms with van der Waals surface area (Å²) in [5, 5.41) is 3.07. The minimum Gasteiger partial charge on any atom is -0.349 e. The van der Waals surface area contributed by atoms with Gasteiger partial charge in [-0.05, 0) is 56.4 Å². The van der Waals surface area contributed by atoms with Crippen LogP contribution < -0.4 is 5.32 Å². The highest BCUT2D eigenvalue weighted by molar-refractivity contribution is 7.89. The lowest BCUT2D eigenvalue weighted by atomic mass is 9.96. The largest absolute Gasteiger partial charge is 0.349 e. The number of Topliss-reactive ketones (excluding diaryl/α,β-unsaturated/α-hetero) is 1. The molecule has 1 unspecified atom stereocenters. The second-order valence-corrected chi connectivity index (χ2v) is 10.0. The average Bonchev–Trinajstić information content (AvgIpc) is 2.79. The van der Waals surface area contributed by atoms with Gasteiger partial charge in [0, 0.05) is 24.6 Å². The molecule has 1 heterocycles. The topological polar surface area (TPSA) is 83.6 Å². The van der Waals surface area contributed by atoms with Crippen LogP contribution in [-0.4, -0.2) is 37.5 Å². The van der Waals surface area contributed by atoms with Gasteiger partial charge in [-0.2, -0.15) is 4.31 Å². The number of rotatable bonds is 7. The molecule has 7 heteroatoms. The Balaban J connectivity index is 1.57. The predicted molar refractivity (Wildman–Crippen MR) is 120 cm³/mol. The van der Waals surface area contributed by atoms with Gasteiger partial charge >= 0.3 is 0 Å². The Hall–Kier alpha value is -2.51. The van der Waals surface area contributed by atoms with E-state index in [2.05, 4.69) is 24.4 Å². The van der Waals surface area contributed by atoms with Gasteiger partial charge in [-0.15, -0.1) is 0 Å². The SMILES string of the molecule is CCc1ccc(C(C)NC(=O)C2CCN(S(=O)(=O)c3ccc(C(C)=O)cc3)CC2)cc1. The maximum Gasteiger partial charge on any atom is 0.243 e. The number of carbonyl (C=O) groups is 2. The normalized spacial score (nSPS) is 16.6. The Labute approximate surface area is 184 Å². The minimum atomic E-state index is -3.64. The average molecular weight is 443 g/mol. The molecular formula is C24H30N2O4S. The van der Waals surface area contributed by atoms with Crippen molar-refractivity contribution in [1.82, 2.24) is 9.62 Å². The summed E-state index contributed by atoms with van der Waals surface area (Å²) in [5.74, 6) is -0.342. The van der Waals surface area contributed by atoms with Crippen LogP contribution in [0.15, 0.2) is 53.4 Å². The number of carbonyl (C=O) groups excluding carboxylic acids is 2. The molecule has 1 aliphatic heterocycles. The molecule has 1 amide bonds. The van der Waals surface area contributed by atoms with Crippen LogP contribution in [0.1, 0.15) is 61.1 Å². The number of amides is 1. The van der Waals surface area contributed by atoms with Crippen LogP contribution in [0.5, 0.6) is 0 Å². The number of hydrogen-bond donors (Lipinski definition) is 1. The Kier molecular flexibility index (Phi) is 7.28. The third-order valence-corrected chi connectivity index (χ3v) is 7.88. The van der Waals surface area contributed by atoms with Gasteiger partial charge in [0.2, 0.25) is 15.9 Å². The van der Waals surface area contributed by atoms with Crippen molar-refractivity contribution in [3.05, 3.63) is 65.2 Å². The molecule has 1 saturated heterocycles. The van der Waals surface area contributed by atoms with Crippen molar-refractivity contribution in [2.45, 2.75) is 51.0 Å². The van der Waals surface area contributed by atoms with E-state index in [1.54, 1.807) is 0 Å². The quantitative estimate of drug-likeness (QED) is 0.663. The molecule has 0 aromatic heterocycles. The number of aryl methyl sites for hydroxylation is 1. The molecule has 31 heavy (non-hydrogen) atoms. The smallest absolute Gasteiger partial charge is 0.243 e. The zero-order chi connectivity index (χ0) is 22.6. The first-order chi connectivity index (χ1) is 14.7. The van der Waals surface area contributed by atoms with Crippen LogP contribution >= 0.6 is 0 Å². The number of hydrogen-bond acceptors (Lipinski definition) is 4. The summed E-state index contributed by atoms with van der Waals surface area (Å²) < 4.78 is 27.2. The molecule has 166 valence electrons. The molecule has 2 aromatic rings. The van der Waals surface area contributed by atoms with Gasteiger partial charge in [0.1, 0.15) is 0 Å². The maximum absolute atomic E-state index is 12.9. The van der Waals surface area contributed by atoms with E-state index in [0.29, 0.717) is 31.5 Å². The van der Waals surface area contributed by atoms with Crippen LogP contribution in [0.2, 0.25) is 0 Å². The van der Waals surface area contributed by atoms with Crippen molar-refractivity contribution in [2.75, 3.05) is 13.1 Å². The summed E-state index contributed by atoms with van der Waals surface area (Å²) in [5.41, 5.74) is 2.79. The number of piperidine rings is 1. The van der Waals surface area contributed by atoms with Crippen molar-refractivity contribution in [2.24, 2.45) is 5.92 Å². The van der Waals surface area contributed by atoms with E-state index < -0.39 is 10.0 Å². The fourth-order valence-electron chi connectivity index (χ4n) is 3.83. The van der Waals surface area contributed by atoms with Crippen molar-refractivity contribution < 1.29 is 18.0 Å². The molecule has 1 aliphatic rings. The third-order valence-electron chi connectivity index (χ3n) is 5.97. The van der Waals surface area contributed by atoms with E-state index in [9.17, 15) is 18.0 Å². The van der Waals surface area contributed by atoms with Gasteiger partial charge < -0.3 is 5.32 Å². The Bertz CT molecular complexity index is 1020. The molecule has 0 spiro atoms. The highest BCUT2D eigenvalue weighted by Crippen LogP contribution is 2.25.